The van der Waals surface area contributed by atoms with Crippen molar-refractivity contribution < 1.29 is 9.53 Å². The fourth-order valence-electron chi connectivity index (χ4n) is 1.67. The zero-order valence-corrected chi connectivity index (χ0v) is 12.2. The molecule has 1 aromatic carbocycles. The van der Waals surface area contributed by atoms with Crippen LogP contribution >= 0.6 is 11.6 Å². The standard InChI is InChI=1S/C14H21ClN2O2/c1-3-11(16)9-10-5-4-6-12(15)14(10)19-8-7-13(18)17-2/h4-6,11H,3,7-9,16H2,1-2H3,(H,17,18). The van der Waals surface area contributed by atoms with Gasteiger partial charge in [-0.05, 0) is 24.5 Å². The summed E-state index contributed by atoms with van der Waals surface area (Å²) >= 11 is 6.14. The molecule has 4 nitrogen and oxygen atoms in total. The summed E-state index contributed by atoms with van der Waals surface area (Å²) in [6, 6.07) is 5.69. The molecule has 3 N–H and O–H groups in total. The maximum atomic E-state index is 11.2. The number of hydrogen-bond donors (Lipinski definition) is 2. The van der Waals surface area contributed by atoms with E-state index >= 15 is 0 Å². The van der Waals surface area contributed by atoms with E-state index in [1.165, 1.54) is 0 Å². The molecule has 5 heteroatoms. The molecule has 1 unspecified atom stereocenters. The number of nitrogens with two attached hydrogens (primary N) is 1. The van der Waals surface area contributed by atoms with E-state index in [2.05, 4.69) is 5.32 Å². The van der Waals surface area contributed by atoms with E-state index in [9.17, 15) is 4.79 Å². The van der Waals surface area contributed by atoms with Gasteiger partial charge in [0.2, 0.25) is 5.91 Å². The molecule has 1 rings (SSSR count). The number of ether oxygens (including phenoxy) is 1. The van der Waals surface area contributed by atoms with Crippen LogP contribution in [0, 0.1) is 0 Å². The molecule has 0 aromatic heterocycles. The Bertz CT molecular complexity index is 424. The normalized spacial score (nSPS) is 12.0. The number of nitrogens with one attached hydrogen (secondary N) is 1. The van der Waals surface area contributed by atoms with Crippen LogP contribution < -0.4 is 15.8 Å². The lowest BCUT2D eigenvalue weighted by molar-refractivity contribution is -0.121. The third-order valence-electron chi connectivity index (χ3n) is 2.91. The van der Waals surface area contributed by atoms with Crippen molar-refractivity contribution in [2.24, 2.45) is 5.73 Å². The molecule has 0 fully saturated rings. The highest BCUT2D eigenvalue weighted by Gasteiger charge is 2.11. The molecular formula is C14H21ClN2O2. The van der Waals surface area contributed by atoms with Crippen LogP contribution in [0.1, 0.15) is 25.3 Å². The van der Waals surface area contributed by atoms with Gasteiger partial charge in [0.25, 0.3) is 0 Å². The molecule has 1 atom stereocenters. The van der Waals surface area contributed by atoms with Crippen LogP contribution in [-0.2, 0) is 11.2 Å². The summed E-state index contributed by atoms with van der Waals surface area (Å²) in [5.41, 5.74) is 6.94. The molecule has 19 heavy (non-hydrogen) atoms. The largest absolute Gasteiger partial charge is 0.491 e. The highest BCUT2D eigenvalue weighted by molar-refractivity contribution is 6.32. The van der Waals surface area contributed by atoms with Crippen molar-refractivity contribution >= 4 is 17.5 Å². The number of benzene rings is 1. The Morgan fingerprint density at radius 1 is 1.53 bits per heavy atom. The van der Waals surface area contributed by atoms with Crippen LogP contribution in [0.2, 0.25) is 5.02 Å². The van der Waals surface area contributed by atoms with Crippen LogP contribution in [-0.4, -0.2) is 25.6 Å². The van der Waals surface area contributed by atoms with Crippen molar-refractivity contribution in [3.63, 3.8) is 0 Å². The van der Waals surface area contributed by atoms with E-state index in [0.717, 1.165) is 12.0 Å². The van der Waals surface area contributed by atoms with Gasteiger partial charge in [0.1, 0.15) is 5.75 Å². The zero-order chi connectivity index (χ0) is 14.3. The average Bonchev–Trinajstić information content (AvgIpc) is 2.41. The second kappa shape index (κ2) is 8.02. The minimum atomic E-state index is -0.0566. The summed E-state index contributed by atoms with van der Waals surface area (Å²) < 4.78 is 5.64. The molecule has 1 aromatic rings. The van der Waals surface area contributed by atoms with Crippen LogP contribution in [0.5, 0.6) is 5.75 Å². The molecule has 0 spiro atoms. The summed E-state index contributed by atoms with van der Waals surface area (Å²) in [6.07, 6.45) is 1.91. The molecule has 0 aliphatic rings. The predicted octanol–water partition coefficient (Wildman–Crippen LogP) is 2.13. The molecule has 0 radical (unpaired) electrons. The lowest BCUT2D eigenvalue weighted by atomic mass is 10.0. The SMILES string of the molecule is CCC(N)Cc1cccc(Cl)c1OCCC(=O)NC. The summed E-state index contributed by atoms with van der Waals surface area (Å²) in [5.74, 6) is 0.579. The Kier molecular flexibility index (Phi) is 6.67. The Labute approximate surface area is 119 Å². The predicted molar refractivity (Wildman–Crippen MR) is 77.6 cm³/mol. The van der Waals surface area contributed by atoms with Crippen LogP contribution in [0.4, 0.5) is 0 Å². The first-order valence-electron chi connectivity index (χ1n) is 6.44. The lowest BCUT2D eigenvalue weighted by Gasteiger charge is -2.15. The summed E-state index contributed by atoms with van der Waals surface area (Å²) in [5, 5.41) is 3.10. The number of amides is 1. The van der Waals surface area contributed by atoms with Crippen molar-refractivity contribution in [2.45, 2.75) is 32.2 Å². The van der Waals surface area contributed by atoms with E-state index in [1.807, 2.05) is 19.1 Å². The van der Waals surface area contributed by atoms with Gasteiger partial charge in [0, 0.05) is 13.1 Å². The number of para-hydroxylation sites is 1. The number of carbonyl (C=O) groups excluding carboxylic acids is 1. The molecule has 0 bridgehead atoms. The summed E-state index contributed by atoms with van der Waals surface area (Å²) in [4.78, 5) is 11.2. The number of carbonyl (C=O) groups is 1. The lowest BCUT2D eigenvalue weighted by Crippen LogP contribution is -2.22. The molecule has 0 saturated heterocycles. The van der Waals surface area contributed by atoms with Crippen molar-refractivity contribution in [1.82, 2.24) is 5.32 Å². The highest BCUT2D eigenvalue weighted by Crippen LogP contribution is 2.29. The first-order valence-corrected chi connectivity index (χ1v) is 6.82. The van der Waals surface area contributed by atoms with E-state index in [4.69, 9.17) is 22.1 Å². The molecule has 0 aliphatic heterocycles. The number of hydrogen-bond acceptors (Lipinski definition) is 3. The Balaban J connectivity index is 2.71. The fraction of sp³-hybridized carbons (Fsp3) is 0.500. The van der Waals surface area contributed by atoms with Gasteiger partial charge in [-0.25, -0.2) is 0 Å². The molecule has 1 amide bonds. The van der Waals surface area contributed by atoms with Gasteiger partial charge in [-0.3, -0.25) is 4.79 Å². The Morgan fingerprint density at radius 2 is 2.26 bits per heavy atom. The van der Waals surface area contributed by atoms with Crippen molar-refractivity contribution in [2.75, 3.05) is 13.7 Å². The van der Waals surface area contributed by atoms with Crippen molar-refractivity contribution in [1.29, 1.82) is 0 Å². The van der Waals surface area contributed by atoms with Gasteiger partial charge in [-0.2, -0.15) is 0 Å². The summed E-state index contributed by atoms with van der Waals surface area (Å²) in [6.45, 7) is 2.35. The second-order valence-electron chi connectivity index (χ2n) is 4.37. The fourth-order valence-corrected chi connectivity index (χ4v) is 1.92. The topological polar surface area (TPSA) is 64.3 Å². The molecule has 106 valence electrons. The van der Waals surface area contributed by atoms with Crippen LogP contribution in [0.15, 0.2) is 18.2 Å². The number of rotatable bonds is 7. The maximum Gasteiger partial charge on any atom is 0.223 e. The molecule has 0 heterocycles. The molecule has 0 saturated carbocycles. The van der Waals surface area contributed by atoms with Crippen LogP contribution in [0.25, 0.3) is 0 Å². The monoisotopic (exact) mass is 284 g/mol. The quantitative estimate of drug-likeness (QED) is 0.806. The Morgan fingerprint density at radius 3 is 2.89 bits per heavy atom. The van der Waals surface area contributed by atoms with Gasteiger partial charge in [-0.15, -0.1) is 0 Å². The van der Waals surface area contributed by atoms with Crippen molar-refractivity contribution in [3.05, 3.63) is 28.8 Å². The smallest absolute Gasteiger partial charge is 0.223 e. The molecular weight excluding hydrogens is 264 g/mol. The van der Waals surface area contributed by atoms with E-state index < -0.39 is 0 Å². The third-order valence-corrected chi connectivity index (χ3v) is 3.21. The Hall–Kier alpha value is -1.26. The zero-order valence-electron chi connectivity index (χ0n) is 11.4. The first-order chi connectivity index (χ1) is 9.08. The minimum absolute atomic E-state index is 0.0566. The first kappa shape index (κ1) is 15.8. The average molecular weight is 285 g/mol. The number of halogens is 1. The van der Waals surface area contributed by atoms with Gasteiger partial charge >= 0.3 is 0 Å². The van der Waals surface area contributed by atoms with E-state index in [1.54, 1.807) is 13.1 Å². The summed E-state index contributed by atoms with van der Waals surface area (Å²) in [7, 11) is 1.60. The minimum Gasteiger partial charge on any atom is -0.491 e. The second-order valence-corrected chi connectivity index (χ2v) is 4.78. The van der Waals surface area contributed by atoms with Gasteiger partial charge < -0.3 is 15.8 Å². The maximum absolute atomic E-state index is 11.2. The van der Waals surface area contributed by atoms with Crippen LogP contribution in [0.3, 0.4) is 0 Å². The van der Waals surface area contributed by atoms with E-state index in [-0.39, 0.29) is 11.9 Å². The van der Waals surface area contributed by atoms with Crippen molar-refractivity contribution in [3.8, 4) is 5.75 Å². The highest BCUT2D eigenvalue weighted by atomic mass is 35.5. The van der Waals surface area contributed by atoms with Gasteiger partial charge in [0.15, 0.2) is 0 Å². The van der Waals surface area contributed by atoms with Gasteiger partial charge in [-0.1, -0.05) is 30.7 Å². The molecule has 0 aliphatic carbocycles. The van der Waals surface area contributed by atoms with Gasteiger partial charge in [0.05, 0.1) is 18.1 Å². The third kappa shape index (κ3) is 5.09. The van der Waals surface area contributed by atoms with E-state index in [0.29, 0.717) is 30.2 Å².